The fourth-order valence-electron chi connectivity index (χ4n) is 2.16. The average molecular weight is 340 g/mol. The number of aryl methyl sites for hydroxylation is 1. The fraction of sp³-hybridized carbons (Fsp3) is 0.0556. The minimum Gasteiger partial charge on any atom is -0.339 e. The molecule has 0 unspecified atom stereocenters. The molecule has 0 radical (unpaired) electrons. The van der Waals surface area contributed by atoms with Crippen LogP contribution in [-0.4, -0.2) is 15.9 Å². The zero-order valence-electron chi connectivity index (χ0n) is 13.3. The summed E-state index contributed by atoms with van der Waals surface area (Å²) in [6.45, 7) is 1.94. The second kappa shape index (κ2) is 7.04. The first-order valence-corrected chi connectivity index (χ1v) is 7.44. The first-order valence-electron chi connectivity index (χ1n) is 7.44. The third-order valence-corrected chi connectivity index (χ3v) is 3.49. The van der Waals surface area contributed by atoms with Gasteiger partial charge in [-0.25, -0.2) is 18.7 Å². The van der Waals surface area contributed by atoms with Gasteiger partial charge < -0.3 is 10.6 Å². The number of nitrogens with zero attached hydrogens (tertiary/aromatic N) is 2. The zero-order chi connectivity index (χ0) is 17.8. The molecule has 126 valence electrons. The van der Waals surface area contributed by atoms with Gasteiger partial charge in [-0.1, -0.05) is 24.3 Å². The lowest BCUT2D eigenvalue weighted by atomic mass is 10.2. The quantitative estimate of drug-likeness (QED) is 0.752. The number of anilines is 3. The predicted molar refractivity (Wildman–Crippen MR) is 90.8 cm³/mol. The van der Waals surface area contributed by atoms with E-state index in [-0.39, 0.29) is 5.69 Å². The maximum atomic E-state index is 13.6. The van der Waals surface area contributed by atoms with Crippen molar-refractivity contribution in [3.8, 4) is 0 Å². The van der Waals surface area contributed by atoms with Gasteiger partial charge in [-0.15, -0.1) is 0 Å². The standard InChI is InChI=1S/C18H14F2N4O/c1-11-5-2-3-8-14(11)23-16-10-21-15(9-22-16)18(25)24-17-12(19)6-4-7-13(17)20/h2-10H,1H3,(H,22,23)(H,24,25). The molecule has 1 heterocycles. The SMILES string of the molecule is Cc1ccccc1Nc1cnc(C(=O)Nc2c(F)cccc2F)cn1. The van der Waals surface area contributed by atoms with Crippen LogP contribution < -0.4 is 10.6 Å². The predicted octanol–water partition coefficient (Wildman–Crippen LogP) is 4.06. The first kappa shape index (κ1) is 16.5. The number of nitrogens with one attached hydrogen (secondary N) is 2. The third kappa shape index (κ3) is 3.77. The van der Waals surface area contributed by atoms with Gasteiger partial charge in [0.05, 0.1) is 12.4 Å². The molecule has 3 aromatic rings. The summed E-state index contributed by atoms with van der Waals surface area (Å²) in [5, 5.41) is 5.24. The van der Waals surface area contributed by atoms with Crippen LogP contribution in [0, 0.1) is 18.6 Å². The minimum absolute atomic E-state index is 0.0574. The number of hydrogen-bond donors (Lipinski definition) is 2. The summed E-state index contributed by atoms with van der Waals surface area (Å²) >= 11 is 0. The van der Waals surface area contributed by atoms with Crippen molar-refractivity contribution < 1.29 is 13.6 Å². The van der Waals surface area contributed by atoms with E-state index in [9.17, 15) is 13.6 Å². The average Bonchev–Trinajstić information content (AvgIpc) is 2.61. The highest BCUT2D eigenvalue weighted by molar-refractivity contribution is 6.02. The van der Waals surface area contributed by atoms with Crippen LogP contribution in [-0.2, 0) is 0 Å². The summed E-state index contributed by atoms with van der Waals surface area (Å²) < 4.78 is 27.1. The van der Waals surface area contributed by atoms with E-state index in [4.69, 9.17) is 0 Å². The highest BCUT2D eigenvalue weighted by atomic mass is 19.1. The molecular formula is C18H14F2N4O. The van der Waals surface area contributed by atoms with Crippen LogP contribution in [0.2, 0.25) is 0 Å². The van der Waals surface area contributed by atoms with Crippen molar-refractivity contribution in [1.82, 2.24) is 9.97 Å². The van der Waals surface area contributed by atoms with Crippen LogP contribution in [0.3, 0.4) is 0 Å². The van der Waals surface area contributed by atoms with Gasteiger partial charge in [0.25, 0.3) is 5.91 Å². The molecular weight excluding hydrogens is 326 g/mol. The highest BCUT2D eigenvalue weighted by Gasteiger charge is 2.14. The van der Waals surface area contributed by atoms with Gasteiger partial charge in [-0.05, 0) is 30.7 Å². The van der Waals surface area contributed by atoms with Gasteiger partial charge in [-0.3, -0.25) is 4.79 Å². The molecule has 7 heteroatoms. The van der Waals surface area contributed by atoms with E-state index in [0.29, 0.717) is 5.82 Å². The van der Waals surface area contributed by atoms with Gasteiger partial charge >= 0.3 is 0 Å². The summed E-state index contributed by atoms with van der Waals surface area (Å²) in [5.74, 6) is -2.03. The third-order valence-electron chi connectivity index (χ3n) is 3.49. The molecule has 1 aromatic heterocycles. The van der Waals surface area contributed by atoms with Gasteiger partial charge in [0.15, 0.2) is 0 Å². The summed E-state index contributed by atoms with van der Waals surface area (Å²) in [7, 11) is 0. The molecule has 3 rings (SSSR count). The van der Waals surface area contributed by atoms with Gasteiger partial charge in [0.1, 0.15) is 28.8 Å². The molecule has 25 heavy (non-hydrogen) atoms. The van der Waals surface area contributed by atoms with E-state index in [1.807, 2.05) is 31.2 Å². The van der Waals surface area contributed by atoms with E-state index in [1.165, 1.54) is 18.5 Å². The summed E-state index contributed by atoms with van der Waals surface area (Å²) in [4.78, 5) is 20.2. The first-order chi connectivity index (χ1) is 12.0. The van der Waals surface area contributed by atoms with Crippen LogP contribution in [0.25, 0.3) is 0 Å². The summed E-state index contributed by atoms with van der Waals surface area (Å²) in [5.41, 5.74) is 1.32. The lowest BCUT2D eigenvalue weighted by molar-refractivity contribution is 0.102. The number of hydrogen-bond acceptors (Lipinski definition) is 4. The van der Waals surface area contributed by atoms with Crippen molar-refractivity contribution in [2.45, 2.75) is 6.92 Å². The van der Waals surface area contributed by atoms with Gasteiger partial charge in [0.2, 0.25) is 0 Å². The van der Waals surface area contributed by atoms with Crippen LogP contribution in [0.15, 0.2) is 54.9 Å². The molecule has 0 saturated carbocycles. The molecule has 2 aromatic carbocycles. The fourth-order valence-corrected chi connectivity index (χ4v) is 2.16. The van der Waals surface area contributed by atoms with Crippen molar-refractivity contribution >= 4 is 23.1 Å². The topological polar surface area (TPSA) is 66.9 Å². The number of benzene rings is 2. The number of rotatable bonds is 4. The minimum atomic E-state index is -0.862. The van der Waals surface area contributed by atoms with Crippen LogP contribution in [0.4, 0.5) is 26.0 Å². The monoisotopic (exact) mass is 340 g/mol. The van der Waals surface area contributed by atoms with Crippen molar-refractivity contribution in [2.24, 2.45) is 0 Å². The Kier molecular flexibility index (Phi) is 4.65. The van der Waals surface area contributed by atoms with Crippen molar-refractivity contribution in [3.05, 3.63) is 77.8 Å². The number of carbonyl (C=O) groups excluding carboxylic acids is 1. The Morgan fingerprint density at radius 3 is 2.32 bits per heavy atom. The maximum absolute atomic E-state index is 13.6. The van der Waals surface area contributed by atoms with Crippen molar-refractivity contribution in [2.75, 3.05) is 10.6 Å². The number of halogens is 2. The second-order valence-electron chi connectivity index (χ2n) is 5.28. The van der Waals surface area contributed by atoms with E-state index in [1.54, 1.807) is 0 Å². The Morgan fingerprint density at radius 1 is 0.960 bits per heavy atom. The lowest BCUT2D eigenvalue weighted by Gasteiger charge is -2.09. The van der Waals surface area contributed by atoms with Gasteiger partial charge in [-0.2, -0.15) is 0 Å². The number of amides is 1. The number of para-hydroxylation sites is 2. The normalized spacial score (nSPS) is 10.4. The van der Waals surface area contributed by atoms with E-state index >= 15 is 0 Å². The van der Waals surface area contributed by atoms with Crippen LogP contribution in [0.5, 0.6) is 0 Å². The Bertz CT molecular complexity index is 893. The van der Waals surface area contributed by atoms with Gasteiger partial charge in [0, 0.05) is 5.69 Å². The lowest BCUT2D eigenvalue weighted by Crippen LogP contribution is -2.16. The largest absolute Gasteiger partial charge is 0.339 e. The highest BCUT2D eigenvalue weighted by Crippen LogP contribution is 2.20. The summed E-state index contributed by atoms with van der Waals surface area (Å²) in [6, 6.07) is 11.0. The molecule has 0 aliphatic carbocycles. The Labute approximate surface area is 142 Å². The maximum Gasteiger partial charge on any atom is 0.276 e. The molecule has 1 amide bonds. The molecule has 0 aliphatic rings. The van der Waals surface area contributed by atoms with E-state index in [2.05, 4.69) is 20.6 Å². The smallest absolute Gasteiger partial charge is 0.276 e. The molecule has 2 N–H and O–H groups in total. The molecule has 0 fully saturated rings. The Hall–Kier alpha value is -3.35. The number of aromatic nitrogens is 2. The van der Waals surface area contributed by atoms with Crippen LogP contribution >= 0.6 is 0 Å². The molecule has 0 saturated heterocycles. The zero-order valence-corrected chi connectivity index (χ0v) is 13.3. The molecule has 5 nitrogen and oxygen atoms in total. The molecule has 0 atom stereocenters. The molecule has 0 aliphatic heterocycles. The Balaban J connectivity index is 1.74. The Morgan fingerprint density at radius 2 is 1.68 bits per heavy atom. The van der Waals surface area contributed by atoms with E-state index in [0.717, 1.165) is 23.4 Å². The molecule has 0 spiro atoms. The summed E-state index contributed by atoms with van der Waals surface area (Å²) in [6.07, 6.45) is 2.60. The molecule has 0 bridgehead atoms. The van der Waals surface area contributed by atoms with Crippen LogP contribution in [0.1, 0.15) is 16.1 Å². The van der Waals surface area contributed by atoms with Crippen molar-refractivity contribution in [1.29, 1.82) is 0 Å². The number of carbonyl (C=O) groups is 1. The van der Waals surface area contributed by atoms with Crippen molar-refractivity contribution in [3.63, 3.8) is 0 Å². The van der Waals surface area contributed by atoms with E-state index < -0.39 is 23.2 Å². The second-order valence-corrected chi connectivity index (χ2v) is 5.28.